The second-order valence-electron chi connectivity index (χ2n) is 4.47. The fourth-order valence-corrected chi connectivity index (χ4v) is 1.84. The van der Waals surface area contributed by atoms with E-state index in [4.69, 9.17) is 5.73 Å². The van der Waals surface area contributed by atoms with Crippen molar-refractivity contribution in [1.82, 2.24) is 15.3 Å². The van der Waals surface area contributed by atoms with Crippen LogP contribution in [0.25, 0.3) is 0 Å². The first kappa shape index (κ1) is 12.8. The quantitative estimate of drug-likeness (QED) is 0.743. The number of nitrogens with one attached hydrogen (secondary N) is 1. The van der Waals surface area contributed by atoms with Crippen molar-refractivity contribution in [3.05, 3.63) is 29.6 Å². The molecule has 1 aliphatic heterocycles. The van der Waals surface area contributed by atoms with E-state index >= 15 is 0 Å². The lowest BCUT2D eigenvalue weighted by molar-refractivity contribution is 0.0659. The highest BCUT2D eigenvalue weighted by molar-refractivity contribution is 5.94. The van der Waals surface area contributed by atoms with Gasteiger partial charge in [-0.15, -0.1) is 0 Å². The first-order valence-corrected chi connectivity index (χ1v) is 5.86. The lowest BCUT2D eigenvalue weighted by Crippen LogP contribution is -2.52. The van der Waals surface area contributed by atoms with Crippen molar-refractivity contribution in [3.63, 3.8) is 0 Å². The third-order valence-electron chi connectivity index (χ3n) is 3.00. The van der Waals surface area contributed by atoms with E-state index in [0.717, 1.165) is 26.2 Å². The molecule has 1 saturated heterocycles. The summed E-state index contributed by atoms with van der Waals surface area (Å²) in [6.07, 6.45) is 0. The molecule has 6 heteroatoms. The molecule has 0 saturated carbocycles. The van der Waals surface area contributed by atoms with E-state index in [1.807, 2.05) is 7.05 Å². The molecule has 1 aromatic rings. The smallest absolute Gasteiger partial charge is 0.268 e. The second-order valence-corrected chi connectivity index (χ2v) is 4.47. The third kappa shape index (κ3) is 2.96. The van der Waals surface area contributed by atoms with Crippen LogP contribution < -0.4 is 11.2 Å². The molecule has 18 heavy (non-hydrogen) atoms. The van der Waals surface area contributed by atoms with Gasteiger partial charge in [0.05, 0.1) is 5.56 Å². The molecule has 1 amide bonds. The summed E-state index contributed by atoms with van der Waals surface area (Å²) in [4.78, 5) is 14.1. The van der Waals surface area contributed by atoms with Crippen LogP contribution >= 0.6 is 0 Å². The fourth-order valence-electron chi connectivity index (χ4n) is 1.84. The molecule has 1 aromatic carbocycles. The number of hydrogen-bond acceptors (Lipinski definition) is 4. The van der Waals surface area contributed by atoms with Crippen LogP contribution in [0.15, 0.2) is 18.2 Å². The number of nitrogen functional groups attached to an aromatic ring is 1. The van der Waals surface area contributed by atoms with Crippen LogP contribution in [0, 0.1) is 5.82 Å². The van der Waals surface area contributed by atoms with Crippen molar-refractivity contribution < 1.29 is 9.18 Å². The predicted octanol–water partition coefficient (Wildman–Crippen LogP) is 0.300. The minimum absolute atomic E-state index is 0.0195. The van der Waals surface area contributed by atoms with Crippen LogP contribution in [0.2, 0.25) is 0 Å². The molecule has 1 aliphatic rings. The maximum absolute atomic E-state index is 13.5. The minimum Gasteiger partial charge on any atom is -0.399 e. The van der Waals surface area contributed by atoms with E-state index in [2.05, 4.69) is 10.3 Å². The number of carbonyl (C=O) groups excluding carboxylic acids is 1. The Hall–Kier alpha value is -1.66. The Labute approximate surface area is 105 Å². The summed E-state index contributed by atoms with van der Waals surface area (Å²) in [5, 5.41) is 1.80. The number of rotatable bonds is 2. The molecular formula is C12H17FN4O. The number of piperazine rings is 1. The highest BCUT2D eigenvalue weighted by Crippen LogP contribution is 2.12. The Kier molecular flexibility index (Phi) is 3.78. The van der Waals surface area contributed by atoms with Crippen molar-refractivity contribution >= 4 is 11.6 Å². The molecule has 98 valence electrons. The molecule has 1 fully saturated rings. The zero-order valence-corrected chi connectivity index (χ0v) is 10.3. The van der Waals surface area contributed by atoms with E-state index < -0.39 is 11.7 Å². The number of halogens is 1. The highest BCUT2D eigenvalue weighted by Gasteiger charge is 2.18. The number of hydrazine groups is 1. The number of amides is 1. The number of nitrogens with two attached hydrogens (primary N) is 1. The number of anilines is 1. The maximum Gasteiger partial charge on any atom is 0.268 e. The van der Waals surface area contributed by atoms with Crippen molar-refractivity contribution in [3.8, 4) is 0 Å². The summed E-state index contributed by atoms with van der Waals surface area (Å²) >= 11 is 0. The van der Waals surface area contributed by atoms with E-state index in [-0.39, 0.29) is 5.56 Å². The van der Waals surface area contributed by atoms with E-state index in [0.29, 0.717) is 5.69 Å². The molecule has 0 bridgehead atoms. The largest absolute Gasteiger partial charge is 0.399 e. The summed E-state index contributed by atoms with van der Waals surface area (Å²) in [7, 11) is 2.02. The van der Waals surface area contributed by atoms with Crippen LogP contribution in [0.4, 0.5) is 10.1 Å². The normalized spacial score (nSPS) is 17.7. The van der Waals surface area contributed by atoms with E-state index in [1.54, 1.807) is 5.01 Å². The molecule has 5 nitrogen and oxygen atoms in total. The van der Waals surface area contributed by atoms with Crippen LogP contribution in [0.5, 0.6) is 0 Å². The number of likely N-dealkylation sites (N-methyl/N-ethyl adjacent to an activating group) is 1. The van der Waals surface area contributed by atoms with Gasteiger partial charge in [0.1, 0.15) is 5.82 Å². The van der Waals surface area contributed by atoms with Gasteiger partial charge < -0.3 is 10.6 Å². The Morgan fingerprint density at radius 2 is 2.00 bits per heavy atom. The molecule has 0 atom stereocenters. The summed E-state index contributed by atoms with van der Waals surface area (Å²) in [5.74, 6) is -1.01. The molecule has 3 N–H and O–H groups in total. The van der Waals surface area contributed by atoms with Crippen molar-refractivity contribution in [1.29, 1.82) is 0 Å². The lowest BCUT2D eigenvalue weighted by atomic mass is 10.2. The summed E-state index contributed by atoms with van der Waals surface area (Å²) in [6.45, 7) is 3.21. The molecular weight excluding hydrogens is 235 g/mol. The van der Waals surface area contributed by atoms with Gasteiger partial charge in [0, 0.05) is 31.9 Å². The van der Waals surface area contributed by atoms with Gasteiger partial charge in [0.15, 0.2) is 0 Å². The predicted molar refractivity (Wildman–Crippen MR) is 67.3 cm³/mol. The molecule has 1 heterocycles. The van der Waals surface area contributed by atoms with Gasteiger partial charge in [-0.1, -0.05) is 0 Å². The molecule has 0 radical (unpaired) electrons. The van der Waals surface area contributed by atoms with Crippen molar-refractivity contribution in [2.24, 2.45) is 0 Å². The first-order valence-electron chi connectivity index (χ1n) is 5.86. The number of hydrogen-bond donors (Lipinski definition) is 2. The Morgan fingerprint density at radius 1 is 1.33 bits per heavy atom. The first-order chi connectivity index (χ1) is 8.56. The van der Waals surface area contributed by atoms with Crippen LogP contribution in [-0.2, 0) is 0 Å². The zero-order chi connectivity index (χ0) is 13.1. The number of benzene rings is 1. The maximum atomic E-state index is 13.5. The Morgan fingerprint density at radius 3 is 2.67 bits per heavy atom. The topological polar surface area (TPSA) is 61.6 Å². The fraction of sp³-hybridized carbons (Fsp3) is 0.417. The SMILES string of the molecule is CN1CCN(NC(=O)c2cc(N)ccc2F)CC1. The molecule has 2 rings (SSSR count). The van der Waals surface area contributed by atoms with Crippen LogP contribution in [0.1, 0.15) is 10.4 Å². The van der Waals surface area contributed by atoms with E-state index in [9.17, 15) is 9.18 Å². The summed E-state index contributed by atoms with van der Waals surface area (Å²) < 4.78 is 13.5. The van der Waals surface area contributed by atoms with E-state index in [1.165, 1.54) is 18.2 Å². The summed E-state index contributed by atoms with van der Waals surface area (Å²) in [6, 6.07) is 3.98. The molecule has 0 unspecified atom stereocenters. The van der Waals surface area contributed by atoms with Gasteiger partial charge in [0.25, 0.3) is 5.91 Å². The average molecular weight is 252 g/mol. The van der Waals surface area contributed by atoms with Crippen LogP contribution in [-0.4, -0.2) is 49.0 Å². The monoisotopic (exact) mass is 252 g/mol. The average Bonchev–Trinajstić information content (AvgIpc) is 2.35. The lowest BCUT2D eigenvalue weighted by Gasteiger charge is -2.32. The van der Waals surface area contributed by atoms with Crippen LogP contribution in [0.3, 0.4) is 0 Å². The Bertz CT molecular complexity index is 444. The third-order valence-corrected chi connectivity index (χ3v) is 3.00. The van der Waals surface area contributed by atoms with Gasteiger partial charge in [-0.3, -0.25) is 10.2 Å². The number of nitrogens with zero attached hydrogens (tertiary/aromatic N) is 2. The van der Waals surface area contributed by atoms with Gasteiger partial charge in [-0.2, -0.15) is 0 Å². The summed E-state index contributed by atoms with van der Waals surface area (Å²) in [5.41, 5.74) is 8.60. The van der Waals surface area contributed by atoms with Gasteiger partial charge in [-0.05, 0) is 25.2 Å². The standard InChI is InChI=1S/C12H17FN4O/c1-16-4-6-17(7-5-16)15-12(18)10-8-9(14)2-3-11(10)13/h2-3,8H,4-7,14H2,1H3,(H,15,18). The molecule has 0 aromatic heterocycles. The van der Waals surface area contributed by atoms with Gasteiger partial charge >= 0.3 is 0 Å². The van der Waals surface area contributed by atoms with Crippen molar-refractivity contribution in [2.45, 2.75) is 0 Å². The van der Waals surface area contributed by atoms with Gasteiger partial charge in [-0.25, -0.2) is 9.40 Å². The molecule has 0 spiro atoms. The van der Waals surface area contributed by atoms with Crippen molar-refractivity contribution in [2.75, 3.05) is 39.0 Å². The minimum atomic E-state index is -0.559. The highest BCUT2D eigenvalue weighted by atomic mass is 19.1. The molecule has 0 aliphatic carbocycles. The number of carbonyl (C=O) groups is 1. The Balaban J connectivity index is 2.01. The second kappa shape index (κ2) is 5.32. The van der Waals surface area contributed by atoms with Gasteiger partial charge in [0.2, 0.25) is 0 Å². The zero-order valence-electron chi connectivity index (χ0n) is 10.3.